The molecule has 0 heterocycles. The maximum atomic E-state index is 11.1. The maximum absolute atomic E-state index is 11.1. The molecule has 5 nitrogen and oxygen atoms in total. The highest BCUT2D eigenvalue weighted by Gasteiger charge is 2.03. The number of hydrogen-bond acceptors (Lipinski definition) is 4. The zero-order chi connectivity index (χ0) is 12.4. The van der Waals surface area contributed by atoms with E-state index in [2.05, 4.69) is 29.8 Å². The molecule has 2 amide bonds. The van der Waals surface area contributed by atoms with Crippen LogP contribution in [0.5, 0.6) is 0 Å². The number of thiol groups is 1. The summed E-state index contributed by atoms with van der Waals surface area (Å²) in [5, 5.41) is 5.19. The summed E-state index contributed by atoms with van der Waals surface area (Å²) in [6.45, 7) is 6.02. The number of carbonyl (C=O) groups is 2. The van der Waals surface area contributed by atoms with Crippen LogP contribution in [-0.4, -0.2) is 37.4 Å². The molecule has 0 bridgehead atoms. The molecule has 0 fully saturated rings. The van der Waals surface area contributed by atoms with Crippen molar-refractivity contribution in [3.63, 3.8) is 0 Å². The third-order valence-electron chi connectivity index (χ3n) is 1.59. The lowest BCUT2D eigenvalue weighted by atomic mass is 10.4. The predicted molar refractivity (Wildman–Crippen MR) is 65.6 cm³/mol. The number of esters is 1. The van der Waals surface area contributed by atoms with Crippen LogP contribution < -0.4 is 10.6 Å². The Hall–Kier alpha value is -1.17. The van der Waals surface area contributed by atoms with E-state index in [1.54, 1.807) is 6.92 Å². The second kappa shape index (κ2) is 9.08. The van der Waals surface area contributed by atoms with E-state index in [-0.39, 0.29) is 19.2 Å². The molecule has 92 valence electrons. The smallest absolute Gasteiger partial charge is 0.333 e. The lowest BCUT2D eigenvalue weighted by Crippen LogP contribution is -2.38. The fourth-order valence-electron chi connectivity index (χ4n) is 0.775. The van der Waals surface area contributed by atoms with Gasteiger partial charge in [0.05, 0.1) is 6.54 Å². The van der Waals surface area contributed by atoms with Crippen molar-refractivity contribution in [2.75, 3.05) is 25.4 Å². The average Bonchev–Trinajstić information content (AvgIpc) is 2.24. The maximum Gasteiger partial charge on any atom is 0.333 e. The van der Waals surface area contributed by atoms with E-state index >= 15 is 0 Å². The Labute approximate surface area is 101 Å². The Morgan fingerprint density at radius 2 is 1.94 bits per heavy atom. The number of urea groups is 1. The van der Waals surface area contributed by atoms with Crippen LogP contribution in [0.25, 0.3) is 0 Å². The molecule has 16 heavy (non-hydrogen) atoms. The highest BCUT2D eigenvalue weighted by molar-refractivity contribution is 7.80. The Morgan fingerprint density at radius 3 is 2.50 bits per heavy atom. The van der Waals surface area contributed by atoms with Crippen LogP contribution in [0.2, 0.25) is 0 Å². The summed E-state index contributed by atoms with van der Waals surface area (Å²) in [6.07, 6.45) is 0.821. The van der Waals surface area contributed by atoms with Crippen molar-refractivity contribution in [3.05, 3.63) is 12.2 Å². The van der Waals surface area contributed by atoms with Crippen LogP contribution in [0.15, 0.2) is 12.2 Å². The molecule has 0 unspecified atom stereocenters. The Balaban J connectivity index is 3.41. The molecule has 2 N–H and O–H groups in total. The highest BCUT2D eigenvalue weighted by Crippen LogP contribution is 1.90. The molecule has 0 aliphatic rings. The van der Waals surface area contributed by atoms with Gasteiger partial charge in [0.1, 0.15) is 6.61 Å². The molecule has 0 aromatic heterocycles. The molecule has 0 saturated carbocycles. The molecule has 0 aromatic carbocycles. The molecular weight excluding hydrogens is 228 g/mol. The largest absolute Gasteiger partial charge is 0.460 e. The van der Waals surface area contributed by atoms with Crippen molar-refractivity contribution in [3.8, 4) is 0 Å². The minimum atomic E-state index is -0.447. The van der Waals surface area contributed by atoms with Crippen LogP contribution >= 0.6 is 12.6 Å². The van der Waals surface area contributed by atoms with Gasteiger partial charge in [-0.05, 0) is 19.1 Å². The fraction of sp³-hybridized carbons (Fsp3) is 0.600. The first-order valence-corrected chi connectivity index (χ1v) is 5.66. The first-order valence-electron chi connectivity index (χ1n) is 5.03. The highest BCUT2D eigenvalue weighted by atomic mass is 32.1. The molecule has 0 aliphatic carbocycles. The van der Waals surface area contributed by atoms with Crippen molar-refractivity contribution in [1.82, 2.24) is 10.6 Å². The molecule has 0 saturated heterocycles. The van der Waals surface area contributed by atoms with Gasteiger partial charge in [0.15, 0.2) is 0 Å². The third kappa shape index (κ3) is 8.16. The summed E-state index contributed by atoms with van der Waals surface area (Å²) >= 11 is 4.01. The van der Waals surface area contributed by atoms with Gasteiger partial charge in [-0.2, -0.15) is 12.6 Å². The standard InChI is InChI=1S/C10H18N2O3S/c1-8(2)9(13)15-6-5-12-10(14)11-4-3-7-16/h16H,1,3-7H2,2H3,(H2,11,12,14). The van der Waals surface area contributed by atoms with Gasteiger partial charge in [-0.25, -0.2) is 9.59 Å². The summed E-state index contributed by atoms with van der Waals surface area (Å²) in [4.78, 5) is 22.0. The summed E-state index contributed by atoms with van der Waals surface area (Å²) in [6, 6.07) is -0.270. The normalized spacial score (nSPS) is 9.38. The van der Waals surface area contributed by atoms with Crippen LogP contribution in [0.3, 0.4) is 0 Å². The average molecular weight is 246 g/mol. The second-order valence-corrected chi connectivity index (χ2v) is 3.62. The summed E-state index contributed by atoms with van der Waals surface area (Å²) in [5.74, 6) is 0.286. The van der Waals surface area contributed by atoms with Crippen molar-refractivity contribution in [1.29, 1.82) is 0 Å². The lowest BCUT2D eigenvalue weighted by Gasteiger charge is -2.07. The van der Waals surface area contributed by atoms with E-state index in [1.807, 2.05) is 0 Å². The zero-order valence-corrected chi connectivity index (χ0v) is 10.3. The summed E-state index contributed by atoms with van der Waals surface area (Å²) in [7, 11) is 0. The minimum absolute atomic E-state index is 0.145. The zero-order valence-electron chi connectivity index (χ0n) is 9.41. The van der Waals surface area contributed by atoms with Crippen LogP contribution in [0.1, 0.15) is 13.3 Å². The molecule has 0 aromatic rings. The van der Waals surface area contributed by atoms with Gasteiger partial charge in [0.2, 0.25) is 0 Å². The topological polar surface area (TPSA) is 67.4 Å². The first-order chi connectivity index (χ1) is 7.57. The van der Waals surface area contributed by atoms with Crippen LogP contribution in [0.4, 0.5) is 4.79 Å². The summed E-state index contributed by atoms with van der Waals surface area (Å²) < 4.78 is 4.79. The number of nitrogens with one attached hydrogen (secondary N) is 2. The predicted octanol–water partition coefficient (Wildman–Crippen LogP) is 0.725. The first kappa shape index (κ1) is 14.8. The molecule has 0 radical (unpaired) electrons. The van der Waals surface area contributed by atoms with Gasteiger partial charge in [-0.1, -0.05) is 6.58 Å². The van der Waals surface area contributed by atoms with Crippen molar-refractivity contribution in [2.45, 2.75) is 13.3 Å². The number of carbonyl (C=O) groups excluding carboxylic acids is 2. The number of hydrogen-bond donors (Lipinski definition) is 3. The number of ether oxygens (including phenoxy) is 1. The quantitative estimate of drug-likeness (QED) is 0.268. The Morgan fingerprint density at radius 1 is 1.31 bits per heavy atom. The van der Waals surface area contributed by atoms with E-state index in [0.29, 0.717) is 12.1 Å². The molecule has 0 atom stereocenters. The van der Waals surface area contributed by atoms with E-state index in [1.165, 1.54) is 0 Å². The van der Waals surface area contributed by atoms with Gasteiger partial charge < -0.3 is 15.4 Å². The lowest BCUT2D eigenvalue weighted by molar-refractivity contribution is -0.138. The fourth-order valence-corrected chi connectivity index (χ4v) is 0.933. The minimum Gasteiger partial charge on any atom is -0.460 e. The van der Waals surface area contributed by atoms with E-state index < -0.39 is 5.97 Å². The van der Waals surface area contributed by atoms with Crippen molar-refractivity contribution < 1.29 is 14.3 Å². The van der Waals surface area contributed by atoms with Gasteiger partial charge in [0.25, 0.3) is 0 Å². The van der Waals surface area contributed by atoms with Crippen LogP contribution in [-0.2, 0) is 9.53 Å². The van der Waals surface area contributed by atoms with Gasteiger partial charge in [0, 0.05) is 12.1 Å². The third-order valence-corrected chi connectivity index (χ3v) is 1.91. The van der Waals surface area contributed by atoms with Crippen LogP contribution in [0, 0.1) is 0 Å². The number of amides is 2. The SMILES string of the molecule is C=C(C)C(=O)OCCNC(=O)NCCCS. The summed E-state index contributed by atoms with van der Waals surface area (Å²) in [5.41, 5.74) is 0.346. The monoisotopic (exact) mass is 246 g/mol. The van der Waals surface area contributed by atoms with E-state index in [4.69, 9.17) is 4.74 Å². The Kier molecular flexibility index (Phi) is 8.42. The van der Waals surface area contributed by atoms with E-state index in [9.17, 15) is 9.59 Å². The van der Waals surface area contributed by atoms with Gasteiger partial charge in [-0.15, -0.1) is 0 Å². The molecular formula is C10H18N2O3S. The molecule has 0 rings (SSSR count). The van der Waals surface area contributed by atoms with Gasteiger partial charge in [-0.3, -0.25) is 0 Å². The number of rotatable bonds is 7. The van der Waals surface area contributed by atoms with Crippen molar-refractivity contribution in [2.24, 2.45) is 0 Å². The van der Waals surface area contributed by atoms with E-state index in [0.717, 1.165) is 12.2 Å². The molecule has 0 spiro atoms. The van der Waals surface area contributed by atoms with Gasteiger partial charge >= 0.3 is 12.0 Å². The second-order valence-electron chi connectivity index (χ2n) is 3.18. The molecule has 0 aliphatic heterocycles. The molecule has 6 heteroatoms. The Bertz CT molecular complexity index is 256. The van der Waals surface area contributed by atoms with Crippen molar-refractivity contribution >= 4 is 24.6 Å².